The Hall–Kier alpha value is -1.15. The van der Waals surface area contributed by atoms with E-state index in [0.29, 0.717) is 37.5 Å². The number of piperidine rings is 2. The molecule has 3 aliphatic rings. The molecule has 0 aromatic rings. The Morgan fingerprint density at radius 1 is 1.13 bits per heavy atom. The standard InChI is InChI=1S/C23H40N2O5/c1-18(2)19-16-21(30-22(17-19)29-15-14-28-13-12-26)23(27)25-10-6-20(7-11-25)24-8-4-3-5-9-24/h16,18-20,22,26H,3-15,17H2,1-2H3/t19-,22+/m0/s1. The third-order valence-electron chi connectivity index (χ3n) is 6.58. The zero-order valence-corrected chi connectivity index (χ0v) is 18.8. The second-order valence-electron chi connectivity index (χ2n) is 9.05. The molecule has 172 valence electrons. The van der Waals surface area contributed by atoms with Crippen molar-refractivity contribution in [3.8, 4) is 0 Å². The summed E-state index contributed by atoms with van der Waals surface area (Å²) in [7, 11) is 0. The predicted molar refractivity (Wildman–Crippen MR) is 115 cm³/mol. The zero-order chi connectivity index (χ0) is 21.3. The topological polar surface area (TPSA) is 71.5 Å². The molecule has 0 radical (unpaired) electrons. The number of hydrogen-bond donors (Lipinski definition) is 1. The first kappa shape index (κ1) is 23.5. The number of carbonyl (C=O) groups excluding carboxylic acids is 1. The molecule has 3 heterocycles. The number of nitrogens with zero attached hydrogens (tertiary/aromatic N) is 2. The van der Waals surface area contributed by atoms with E-state index in [1.165, 1.54) is 32.4 Å². The highest BCUT2D eigenvalue weighted by Crippen LogP contribution is 2.30. The van der Waals surface area contributed by atoms with Crippen LogP contribution in [0.25, 0.3) is 0 Å². The van der Waals surface area contributed by atoms with Gasteiger partial charge in [0.15, 0.2) is 5.76 Å². The van der Waals surface area contributed by atoms with E-state index in [1.807, 2.05) is 11.0 Å². The summed E-state index contributed by atoms with van der Waals surface area (Å²) in [5, 5.41) is 8.78. The van der Waals surface area contributed by atoms with Crippen LogP contribution in [0.3, 0.4) is 0 Å². The minimum atomic E-state index is -0.426. The molecule has 0 aromatic carbocycles. The van der Waals surface area contributed by atoms with Gasteiger partial charge in [0.05, 0.1) is 26.4 Å². The predicted octanol–water partition coefficient (Wildman–Crippen LogP) is 2.39. The molecule has 0 unspecified atom stereocenters. The fourth-order valence-electron chi connectivity index (χ4n) is 4.68. The van der Waals surface area contributed by atoms with Crippen molar-refractivity contribution in [2.24, 2.45) is 11.8 Å². The van der Waals surface area contributed by atoms with E-state index < -0.39 is 6.29 Å². The van der Waals surface area contributed by atoms with Gasteiger partial charge in [0.25, 0.3) is 5.91 Å². The molecule has 3 rings (SSSR count). The average molecular weight is 425 g/mol. The second-order valence-corrected chi connectivity index (χ2v) is 9.05. The Labute approximate surface area is 181 Å². The Morgan fingerprint density at radius 3 is 2.53 bits per heavy atom. The van der Waals surface area contributed by atoms with Crippen LogP contribution in [0.4, 0.5) is 0 Å². The third-order valence-corrected chi connectivity index (χ3v) is 6.58. The van der Waals surface area contributed by atoms with Gasteiger partial charge in [-0.1, -0.05) is 20.3 Å². The van der Waals surface area contributed by atoms with Crippen LogP contribution in [-0.4, -0.2) is 85.8 Å². The normalized spacial score (nSPS) is 26.5. The molecule has 2 atom stereocenters. The fourth-order valence-corrected chi connectivity index (χ4v) is 4.68. The summed E-state index contributed by atoms with van der Waals surface area (Å²) in [5.74, 6) is 1.12. The van der Waals surface area contributed by atoms with Crippen LogP contribution < -0.4 is 0 Å². The summed E-state index contributed by atoms with van der Waals surface area (Å²) >= 11 is 0. The molecule has 7 heteroatoms. The van der Waals surface area contributed by atoms with Crippen LogP contribution >= 0.6 is 0 Å². The van der Waals surface area contributed by atoms with E-state index >= 15 is 0 Å². The van der Waals surface area contributed by atoms with Crippen molar-refractivity contribution in [2.75, 3.05) is 52.6 Å². The number of aliphatic hydroxyl groups excluding tert-OH is 1. The van der Waals surface area contributed by atoms with E-state index in [9.17, 15) is 4.79 Å². The number of carbonyl (C=O) groups is 1. The number of hydrogen-bond acceptors (Lipinski definition) is 6. The van der Waals surface area contributed by atoms with Crippen LogP contribution in [0.15, 0.2) is 11.8 Å². The molecule has 1 N–H and O–H groups in total. The third kappa shape index (κ3) is 6.67. The first-order valence-corrected chi connectivity index (χ1v) is 11.8. The maximum absolute atomic E-state index is 13.2. The van der Waals surface area contributed by atoms with Crippen LogP contribution in [0.2, 0.25) is 0 Å². The van der Waals surface area contributed by atoms with Gasteiger partial charge in [0.2, 0.25) is 6.29 Å². The smallest absolute Gasteiger partial charge is 0.288 e. The Bertz CT molecular complexity index is 554. The Kier molecular flexibility index (Phi) is 9.43. The van der Waals surface area contributed by atoms with E-state index in [0.717, 1.165) is 32.4 Å². The van der Waals surface area contributed by atoms with Gasteiger partial charge in [-0.15, -0.1) is 0 Å². The van der Waals surface area contributed by atoms with Gasteiger partial charge in [-0.2, -0.15) is 0 Å². The van der Waals surface area contributed by atoms with Crippen LogP contribution in [0.1, 0.15) is 52.4 Å². The molecular weight excluding hydrogens is 384 g/mol. The molecule has 7 nitrogen and oxygen atoms in total. The fraction of sp³-hybridized carbons (Fsp3) is 0.870. The minimum absolute atomic E-state index is 0.00238. The van der Waals surface area contributed by atoms with Crippen molar-refractivity contribution in [1.29, 1.82) is 0 Å². The monoisotopic (exact) mass is 424 g/mol. The van der Waals surface area contributed by atoms with Gasteiger partial charge in [-0.25, -0.2) is 0 Å². The summed E-state index contributed by atoms with van der Waals surface area (Å²) in [4.78, 5) is 17.8. The maximum Gasteiger partial charge on any atom is 0.288 e. The SMILES string of the molecule is CC(C)[C@H]1C=C(C(=O)N2CCC(N3CCCCC3)CC2)O[C@@H](OCCOCCO)C1. The number of rotatable bonds is 9. The summed E-state index contributed by atoms with van der Waals surface area (Å²) in [6.45, 7) is 9.46. The highest BCUT2D eigenvalue weighted by atomic mass is 16.7. The number of allylic oxidation sites excluding steroid dienone is 1. The molecule has 1 amide bonds. The minimum Gasteiger partial charge on any atom is -0.459 e. The van der Waals surface area contributed by atoms with Gasteiger partial charge >= 0.3 is 0 Å². The molecule has 0 spiro atoms. The van der Waals surface area contributed by atoms with E-state index in [1.54, 1.807) is 0 Å². The highest BCUT2D eigenvalue weighted by Gasteiger charge is 2.34. The molecule has 2 fully saturated rings. The highest BCUT2D eigenvalue weighted by molar-refractivity contribution is 5.91. The molecular formula is C23H40N2O5. The Balaban J connectivity index is 1.51. The second kappa shape index (κ2) is 12.0. The zero-order valence-electron chi connectivity index (χ0n) is 18.8. The van der Waals surface area contributed by atoms with Crippen LogP contribution in [-0.2, 0) is 19.0 Å². The molecule has 0 aliphatic carbocycles. The first-order valence-electron chi connectivity index (χ1n) is 11.8. The molecule has 0 aromatic heterocycles. The Morgan fingerprint density at radius 2 is 1.87 bits per heavy atom. The molecule has 0 saturated carbocycles. The van der Waals surface area contributed by atoms with Crippen molar-refractivity contribution in [2.45, 2.75) is 64.7 Å². The first-order chi connectivity index (χ1) is 14.6. The van der Waals surface area contributed by atoms with Crippen LogP contribution in [0.5, 0.6) is 0 Å². The van der Waals surface area contributed by atoms with Gasteiger partial charge in [-0.05, 0) is 56.7 Å². The van der Waals surface area contributed by atoms with Crippen molar-refractivity contribution >= 4 is 5.91 Å². The largest absolute Gasteiger partial charge is 0.459 e. The van der Waals surface area contributed by atoms with Crippen molar-refractivity contribution in [3.63, 3.8) is 0 Å². The van der Waals surface area contributed by atoms with E-state index in [2.05, 4.69) is 18.7 Å². The van der Waals surface area contributed by atoms with Gasteiger partial charge in [0, 0.05) is 25.6 Å². The molecule has 3 aliphatic heterocycles. The lowest BCUT2D eigenvalue weighted by atomic mass is 9.90. The van der Waals surface area contributed by atoms with Gasteiger partial charge < -0.3 is 29.1 Å². The van der Waals surface area contributed by atoms with Crippen molar-refractivity contribution in [1.82, 2.24) is 9.80 Å². The van der Waals surface area contributed by atoms with E-state index in [-0.39, 0.29) is 18.4 Å². The number of likely N-dealkylation sites (tertiary alicyclic amines) is 2. The molecule has 30 heavy (non-hydrogen) atoms. The van der Waals surface area contributed by atoms with Crippen molar-refractivity contribution in [3.05, 3.63) is 11.8 Å². The average Bonchev–Trinajstić information content (AvgIpc) is 2.79. The van der Waals surface area contributed by atoms with Crippen LogP contribution in [0, 0.1) is 11.8 Å². The summed E-state index contributed by atoms with van der Waals surface area (Å²) < 4.78 is 17.0. The van der Waals surface area contributed by atoms with E-state index in [4.69, 9.17) is 19.3 Å². The lowest BCUT2D eigenvalue weighted by Gasteiger charge is -2.40. The van der Waals surface area contributed by atoms with Gasteiger partial charge in [-0.3, -0.25) is 4.79 Å². The summed E-state index contributed by atoms with van der Waals surface area (Å²) in [6.07, 6.45) is 8.39. The number of ether oxygens (including phenoxy) is 3. The number of amides is 1. The van der Waals surface area contributed by atoms with Crippen molar-refractivity contribution < 1.29 is 24.1 Å². The lowest BCUT2D eigenvalue weighted by molar-refractivity contribution is -0.161. The quantitative estimate of drug-likeness (QED) is 0.573. The lowest BCUT2D eigenvalue weighted by Crippen LogP contribution is -2.49. The summed E-state index contributed by atoms with van der Waals surface area (Å²) in [5.41, 5.74) is 0. The molecule has 0 bridgehead atoms. The molecule has 2 saturated heterocycles. The summed E-state index contributed by atoms with van der Waals surface area (Å²) in [6, 6.07) is 0.619. The number of aliphatic hydroxyl groups is 1. The van der Waals surface area contributed by atoms with Gasteiger partial charge in [0.1, 0.15) is 0 Å². The maximum atomic E-state index is 13.2.